The number of aliphatic imine (C=N–C) groups is 1. The zero-order valence-electron chi connectivity index (χ0n) is 13.7. The third kappa shape index (κ3) is 6.53. The molecule has 0 aliphatic carbocycles. The molecule has 2 rings (SSSR count). The molecule has 0 spiro atoms. The predicted octanol–water partition coefficient (Wildman–Crippen LogP) is 3.13. The van der Waals surface area contributed by atoms with Crippen LogP contribution in [-0.4, -0.2) is 33.3 Å². The van der Waals surface area contributed by atoms with Gasteiger partial charge in [0.05, 0.1) is 20.8 Å². The van der Waals surface area contributed by atoms with Gasteiger partial charge in [-0.3, -0.25) is 0 Å². The molecule has 0 unspecified atom stereocenters. The lowest BCUT2D eigenvalue weighted by atomic mass is 10.3. The lowest BCUT2D eigenvalue weighted by Gasteiger charge is -2.08. The molecule has 0 aromatic heterocycles. The fourth-order valence-electron chi connectivity index (χ4n) is 1.89. The Kier molecular flexibility index (Phi) is 8.77. The smallest absolute Gasteiger partial charge is 0.193 e. The van der Waals surface area contributed by atoms with Gasteiger partial charge in [-0.1, -0.05) is 6.07 Å². The molecule has 7 heteroatoms. The maximum Gasteiger partial charge on any atom is 0.193 e. The first-order chi connectivity index (χ1) is 11.2. The van der Waals surface area contributed by atoms with E-state index in [1.807, 2.05) is 48.5 Å². The lowest BCUT2D eigenvalue weighted by Crippen LogP contribution is -2.23. The number of halogens is 1. The molecule has 0 saturated carbocycles. The van der Waals surface area contributed by atoms with Crippen LogP contribution in [0, 0.1) is 0 Å². The molecule has 0 aliphatic rings. The van der Waals surface area contributed by atoms with Crippen LogP contribution in [0.1, 0.15) is 0 Å². The van der Waals surface area contributed by atoms with Crippen molar-refractivity contribution >= 4 is 35.6 Å². The Balaban J connectivity index is 0.00000288. The van der Waals surface area contributed by atoms with Gasteiger partial charge >= 0.3 is 0 Å². The summed E-state index contributed by atoms with van der Waals surface area (Å²) in [4.78, 5) is 4.22. The molecule has 6 nitrogen and oxygen atoms in total. The van der Waals surface area contributed by atoms with Gasteiger partial charge in [0.15, 0.2) is 5.96 Å². The SMILES string of the molecule is COc1ccc(OCCN=C(N)Nc2cccc(OC)c2)cc1.I. The molecular weight excluding hydrogens is 421 g/mol. The average Bonchev–Trinajstić information content (AvgIpc) is 2.59. The van der Waals surface area contributed by atoms with Gasteiger partial charge in [0.2, 0.25) is 0 Å². The van der Waals surface area contributed by atoms with Crippen LogP contribution < -0.4 is 25.3 Å². The number of nitrogens with zero attached hydrogens (tertiary/aromatic N) is 1. The molecular formula is C17H22IN3O3. The van der Waals surface area contributed by atoms with Gasteiger partial charge in [0.1, 0.15) is 23.9 Å². The minimum Gasteiger partial charge on any atom is -0.497 e. The number of hydrogen-bond donors (Lipinski definition) is 2. The van der Waals surface area contributed by atoms with E-state index < -0.39 is 0 Å². The maximum atomic E-state index is 5.84. The average molecular weight is 443 g/mol. The summed E-state index contributed by atoms with van der Waals surface area (Å²) < 4.78 is 15.8. The van der Waals surface area contributed by atoms with Crippen LogP contribution in [0.3, 0.4) is 0 Å². The number of guanidine groups is 1. The molecule has 2 aromatic carbocycles. The molecule has 3 N–H and O–H groups in total. The highest BCUT2D eigenvalue weighted by molar-refractivity contribution is 14.0. The van der Waals surface area contributed by atoms with Crippen molar-refractivity contribution in [2.24, 2.45) is 10.7 Å². The Morgan fingerprint density at radius 3 is 2.33 bits per heavy atom. The molecule has 0 heterocycles. The van der Waals surface area contributed by atoms with Gasteiger partial charge in [-0.05, 0) is 36.4 Å². The molecule has 0 bridgehead atoms. The third-order valence-electron chi connectivity index (χ3n) is 3.04. The number of benzene rings is 2. The van der Waals surface area contributed by atoms with Gasteiger partial charge in [-0.2, -0.15) is 0 Å². The zero-order valence-corrected chi connectivity index (χ0v) is 16.0. The summed E-state index contributed by atoms with van der Waals surface area (Å²) >= 11 is 0. The maximum absolute atomic E-state index is 5.84. The van der Waals surface area contributed by atoms with Gasteiger partial charge < -0.3 is 25.3 Å². The number of nitrogens with two attached hydrogens (primary N) is 1. The lowest BCUT2D eigenvalue weighted by molar-refractivity contribution is 0.327. The molecule has 0 radical (unpaired) electrons. The third-order valence-corrected chi connectivity index (χ3v) is 3.04. The van der Waals surface area contributed by atoms with E-state index in [1.54, 1.807) is 14.2 Å². The van der Waals surface area contributed by atoms with Crippen LogP contribution in [0.2, 0.25) is 0 Å². The fraction of sp³-hybridized carbons (Fsp3) is 0.235. The quantitative estimate of drug-likeness (QED) is 0.298. The number of hydrogen-bond acceptors (Lipinski definition) is 4. The van der Waals surface area contributed by atoms with Crippen LogP contribution in [0.25, 0.3) is 0 Å². The number of methoxy groups -OCH3 is 2. The van der Waals surface area contributed by atoms with E-state index in [1.165, 1.54) is 0 Å². The summed E-state index contributed by atoms with van der Waals surface area (Å²) in [5.41, 5.74) is 6.66. The summed E-state index contributed by atoms with van der Waals surface area (Å²) in [6.07, 6.45) is 0. The first-order valence-corrected chi connectivity index (χ1v) is 7.19. The highest BCUT2D eigenvalue weighted by atomic mass is 127. The van der Waals surface area contributed by atoms with Crippen LogP contribution >= 0.6 is 24.0 Å². The van der Waals surface area contributed by atoms with Crippen molar-refractivity contribution in [3.05, 3.63) is 48.5 Å². The van der Waals surface area contributed by atoms with E-state index in [2.05, 4.69) is 10.3 Å². The summed E-state index contributed by atoms with van der Waals surface area (Å²) in [5.74, 6) is 2.64. The first-order valence-electron chi connectivity index (χ1n) is 7.19. The van der Waals surface area contributed by atoms with Gasteiger partial charge in [0.25, 0.3) is 0 Å². The summed E-state index contributed by atoms with van der Waals surface area (Å²) in [7, 11) is 3.25. The van der Waals surface area contributed by atoms with Crippen LogP contribution in [0.5, 0.6) is 17.2 Å². The summed E-state index contributed by atoms with van der Waals surface area (Å²) in [5, 5.41) is 3.01. The molecule has 0 fully saturated rings. The molecule has 0 saturated heterocycles. The largest absolute Gasteiger partial charge is 0.497 e. The molecule has 24 heavy (non-hydrogen) atoms. The monoisotopic (exact) mass is 443 g/mol. The van der Waals surface area contributed by atoms with Crippen molar-refractivity contribution in [1.29, 1.82) is 0 Å². The van der Waals surface area contributed by atoms with Gasteiger partial charge in [0, 0.05) is 11.8 Å². The molecule has 0 amide bonds. The second kappa shape index (κ2) is 10.6. The number of nitrogens with one attached hydrogen (secondary N) is 1. The number of rotatable bonds is 7. The first kappa shape index (κ1) is 19.9. The van der Waals surface area contributed by atoms with Crippen molar-refractivity contribution < 1.29 is 14.2 Å². The topological polar surface area (TPSA) is 78.1 Å². The minimum absolute atomic E-state index is 0. The summed E-state index contributed by atoms with van der Waals surface area (Å²) in [6.45, 7) is 0.891. The second-order valence-electron chi connectivity index (χ2n) is 4.65. The Labute approximate surface area is 159 Å². The van der Waals surface area contributed by atoms with Crippen LogP contribution in [0.15, 0.2) is 53.5 Å². The Bertz CT molecular complexity index is 648. The van der Waals surface area contributed by atoms with Crippen molar-refractivity contribution in [2.45, 2.75) is 0 Å². The van der Waals surface area contributed by atoms with E-state index in [9.17, 15) is 0 Å². The predicted molar refractivity (Wildman–Crippen MR) is 107 cm³/mol. The van der Waals surface area contributed by atoms with E-state index in [-0.39, 0.29) is 24.0 Å². The Morgan fingerprint density at radius 1 is 1.00 bits per heavy atom. The van der Waals surface area contributed by atoms with Crippen molar-refractivity contribution in [3.8, 4) is 17.2 Å². The Morgan fingerprint density at radius 2 is 1.67 bits per heavy atom. The second-order valence-corrected chi connectivity index (χ2v) is 4.65. The fourth-order valence-corrected chi connectivity index (χ4v) is 1.89. The van der Waals surface area contributed by atoms with E-state index in [0.29, 0.717) is 19.1 Å². The molecule has 2 aromatic rings. The number of anilines is 1. The van der Waals surface area contributed by atoms with Crippen LogP contribution in [0.4, 0.5) is 5.69 Å². The van der Waals surface area contributed by atoms with Crippen molar-refractivity contribution in [2.75, 3.05) is 32.7 Å². The molecule has 130 valence electrons. The van der Waals surface area contributed by atoms with Gasteiger partial charge in [-0.15, -0.1) is 24.0 Å². The highest BCUT2D eigenvalue weighted by Crippen LogP contribution is 2.17. The summed E-state index contributed by atoms with van der Waals surface area (Å²) in [6, 6.07) is 14.9. The van der Waals surface area contributed by atoms with E-state index >= 15 is 0 Å². The highest BCUT2D eigenvalue weighted by Gasteiger charge is 1.98. The minimum atomic E-state index is 0. The normalized spacial score (nSPS) is 10.5. The standard InChI is InChI=1S/C17H21N3O3.HI/c1-21-14-6-8-15(9-7-14)23-11-10-19-17(18)20-13-4-3-5-16(12-13)22-2;/h3-9,12H,10-11H2,1-2H3,(H3,18,19,20);1H. The van der Waals surface area contributed by atoms with E-state index in [4.69, 9.17) is 19.9 Å². The van der Waals surface area contributed by atoms with Gasteiger partial charge in [-0.25, -0.2) is 4.99 Å². The Hall–Kier alpha value is -2.16. The van der Waals surface area contributed by atoms with Crippen molar-refractivity contribution in [1.82, 2.24) is 0 Å². The zero-order chi connectivity index (χ0) is 16.5. The van der Waals surface area contributed by atoms with Crippen LogP contribution in [-0.2, 0) is 0 Å². The molecule has 0 atom stereocenters. The van der Waals surface area contributed by atoms with Crippen molar-refractivity contribution in [3.63, 3.8) is 0 Å². The molecule has 0 aliphatic heterocycles. The van der Waals surface area contributed by atoms with E-state index in [0.717, 1.165) is 22.9 Å². The number of ether oxygens (including phenoxy) is 3.